The molecule has 108 valence electrons. The van der Waals surface area contributed by atoms with Crippen LogP contribution >= 0.6 is 0 Å². The van der Waals surface area contributed by atoms with E-state index in [1.54, 1.807) is 10.9 Å². The Bertz CT molecular complexity index is 546. The van der Waals surface area contributed by atoms with Crippen molar-refractivity contribution in [1.82, 2.24) is 15.1 Å². The number of nitrogens with zero attached hydrogens (tertiary/aromatic N) is 2. The SMILES string of the molecule is CCCNC(C)c1cnn(Cc2cc(F)cc(F)c2)c1. The van der Waals surface area contributed by atoms with E-state index in [0.29, 0.717) is 12.1 Å². The lowest BCUT2D eigenvalue weighted by Gasteiger charge is -2.10. The van der Waals surface area contributed by atoms with Crippen LogP contribution in [0.15, 0.2) is 30.6 Å². The molecule has 1 N–H and O–H groups in total. The van der Waals surface area contributed by atoms with E-state index in [4.69, 9.17) is 0 Å². The van der Waals surface area contributed by atoms with Crippen molar-refractivity contribution in [2.75, 3.05) is 6.54 Å². The Kier molecular flexibility index (Phi) is 4.84. The third-order valence-electron chi connectivity index (χ3n) is 3.12. The van der Waals surface area contributed by atoms with Crippen LogP contribution in [0.25, 0.3) is 0 Å². The van der Waals surface area contributed by atoms with Crippen LogP contribution in [0.2, 0.25) is 0 Å². The molecule has 3 nitrogen and oxygen atoms in total. The Labute approximate surface area is 117 Å². The number of hydrogen-bond donors (Lipinski definition) is 1. The molecule has 2 rings (SSSR count). The summed E-state index contributed by atoms with van der Waals surface area (Å²) in [7, 11) is 0. The fraction of sp³-hybridized carbons (Fsp3) is 0.400. The number of aromatic nitrogens is 2. The van der Waals surface area contributed by atoms with E-state index in [0.717, 1.165) is 24.6 Å². The molecule has 1 atom stereocenters. The molecule has 1 aromatic carbocycles. The van der Waals surface area contributed by atoms with Gasteiger partial charge in [0.2, 0.25) is 0 Å². The number of rotatable bonds is 6. The van der Waals surface area contributed by atoms with E-state index < -0.39 is 11.6 Å². The minimum Gasteiger partial charge on any atom is -0.310 e. The summed E-state index contributed by atoms with van der Waals surface area (Å²) in [5.74, 6) is -1.13. The standard InChI is InChI=1S/C15H19F2N3/c1-3-4-18-11(2)13-8-19-20(10-13)9-12-5-14(16)7-15(17)6-12/h5-8,10-11,18H,3-4,9H2,1-2H3. The monoisotopic (exact) mass is 279 g/mol. The molecule has 0 amide bonds. The summed E-state index contributed by atoms with van der Waals surface area (Å²) in [6.07, 6.45) is 4.75. The van der Waals surface area contributed by atoms with Crippen LogP contribution in [0.4, 0.5) is 8.78 Å². The molecule has 0 saturated carbocycles. The van der Waals surface area contributed by atoms with Gasteiger partial charge >= 0.3 is 0 Å². The topological polar surface area (TPSA) is 29.9 Å². The van der Waals surface area contributed by atoms with Gasteiger partial charge < -0.3 is 5.32 Å². The van der Waals surface area contributed by atoms with E-state index in [1.807, 2.05) is 6.20 Å². The Morgan fingerprint density at radius 1 is 1.25 bits per heavy atom. The van der Waals surface area contributed by atoms with Crippen molar-refractivity contribution in [3.05, 3.63) is 53.4 Å². The molecule has 0 radical (unpaired) electrons. The minimum absolute atomic E-state index is 0.216. The summed E-state index contributed by atoms with van der Waals surface area (Å²) in [6.45, 7) is 5.48. The van der Waals surface area contributed by atoms with Crippen LogP contribution in [0.3, 0.4) is 0 Å². The van der Waals surface area contributed by atoms with Crippen LogP contribution < -0.4 is 5.32 Å². The predicted octanol–water partition coefficient (Wildman–Crippen LogP) is 3.27. The summed E-state index contributed by atoms with van der Waals surface area (Å²) in [5, 5.41) is 7.60. The molecule has 1 heterocycles. The zero-order valence-corrected chi connectivity index (χ0v) is 11.7. The van der Waals surface area contributed by atoms with Crippen molar-refractivity contribution in [3.63, 3.8) is 0 Å². The first-order chi connectivity index (χ1) is 9.58. The van der Waals surface area contributed by atoms with E-state index >= 15 is 0 Å². The quantitative estimate of drug-likeness (QED) is 0.879. The van der Waals surface area contributed by atoms with Gasteiger partial charge in [0, 0.05) is 23.9 Å². The average molecular weight is 279 g/mol. The molecule has 0 aliphatic rings. The van der Waals surface area contributed by atoms with Crippen LogP contribution in [-0.4, -0.2) is 16.3 Å². The van der Waals surface area contributed by atoms with Gasteiger partial charge in [-0.15, -0.1) is 0 Å². The molecule has 0 aliphatic heterocycles. The number of halogens is 2. The van der Waals surface area contributed by atoms with Gasteiger partial charge in [-0.2, -0.15) is 5.10 Å². The van der Waals surface area contributed by atoms with Crippen molar-refractivity contribution in [2.45, 2.75) is 32.9 Å². The van der Waals surface area contributed by atoms with E-state index in [2.05, 4.69) is 24.3 Å². The Hall–Kier alpha value is -1.75. The zero-order chi connectivity index (χ0) is 14.5. The van der Waals surface area contributed by atoms with Crippen molar-refractivity contribution in [1.29, 1.82) is 0 Å². The summed E-state index contributed by atoms with van der Waals surface area (Å²) in [6, 6.07) is 3.73. The molecule has 0 fully saturated rings. The zero-order valence-electron chi connectivity index (χ0n) is 11.7. The Morgan fingerprint density at radius 2 is 1.95 bits per heavy atom. The highest BCUT2D eigenvalue weighted by molar-refractivity contribution is 5.19. The number of nitrogens with one attached hydrogen (secondary N) is 1. The highest BCUT2D eigenvalue weighted by Crippen LogP contribution is 2.13. The maximum Gasteiger partial charge on any atom is 0.126 e. The average Bonchev–Trinajstić information content (AvgIpc) is 2.83. The Balaban J connectivity index is 2.05. The predicted molar refractivity (Wildman–Crippen MR) is 74.4 cm³/mol. The second-order valence-corrected chi connectivity index (χ2v) is 4.92. The van der Waals surface area contributed by atoms with E-state index in [-0.39, 0.29) is 6.04 Å². The number of benzene rings is 1. The van der Waals surface area contributed by atoms with Crippen LogP contribution in [0.5, 0.6) is 0 Å². The van der Waals surface area contributed by atoms with Gasteiger partial charge in [-0.3, -0.25) is 4.68 Å². The van der Waals surface area contributed by atoms with Crippen molar-refractivity contribution >= 4 is 0 Å². The summed E-state index contributed by atoms with van der Waals surface area (Å²) in [4.78, 5) is 0. The molecule has 5 heteroatoms. The van der Waals surface area contributed by atoms with Gasteiger partial charge in [0.05, 0.1) is 12.7 Å². The first kappa shape index (κ1) is 14.7. The summed E-state index contributed by atoms with van der Waals surface area (Å²) >= 11 is 0. The second kappa shape index (κ2) is 6.61. The first-order valence-corrected chi connectivity index (χ1v) is 6.79. The van der Waals surface area contributed by atoms with Crippen molar-refractivity contribution < 1.29 is 8.78 Å². The van der Waals surface area contributed by atoms with Gasteiger partial charge in [-0.1, -0.05) is 6.92 Å². The molecule has 0 aliphatic carbocycles. The molecule has 20 heavy (non-hydrogen) atoms. The van der Waals surface area contributed by atoms with Crippen molar-refractivity contribution in [2.24, 2.45) is 0 Å². The lowest BCUT2D eigenvalue weighted by atomic mass is 10.2. The van der Waals surface area contributed by atoms with Gasteiger partial charge in [0.25, 0.3) is 0 Å². The molecule has 2 aromatic rings. The third-order valence-corrected chi connectivity index (χ3v) is 3.12. The van der Waals surface area contributed by atoms with Gasteiger partial charge in [0.15, 0.2) is 0 Å². The largest absolute Gasteiger partial charge is 0.310 e. The molecule has 0 bridgehead atoms. The molecule has 0 spiro atoms. The van der Waals surface area contributed by atoms with Crippen LogP contribution in [0, 0.1) is 11.6 Å². The van der Waals surface area contributed by atoms with Crippen molar-refractivity contribution in [3.8, 4) is 0 Å². The molecular weight excluding hydrogens is 260 g/mol. The smallest absolute Gasteiger partial charge is 0.126 e. The number of hydrogen-bond acceptors (Lipinski definition) is 2. The molecule has 0 saturated heterocycles. The fourth-order valence-electron chi connectivity index (χ4n) is 2.06. The van der Waals surface area contributed by atoms with Crippen LogP contribution in [-0.2, 0) is 6.54 Å². The highest BCUT2D eigenvalue weighted by atomic mass is 19.1. The second-order valence-electron chi connectivity index (χ2n) is 4.92. The maximum atomic E-state index is 13.1. The van der Waals surface area contributed by atoms with Gasteiger partial charge in [-0.05, 0) is 37.6 Å². The van der Waals surface area contributed by atoms with E-state index in [1.165, 1.54) is 12.1 Å². The lowest BCUT2D eigenvalue weighted by molar-refractivity contribution is 0.567. The van der Waals surface area contributed by atoms with Crippen LogP contribution in [0.1, 0.15) is 37.4 Å². The normalized spacial score (nSPS) is 12.6. The highest BCUT2D eigenvalue weighted by Gasteiger charge is 2.08. The first-order valence-electron chi connectivity index (χ1n) is 6.79. The minimum atomic E-state index is -0.564. The van der Waals surface area contributed by atoms with Gasteiger partial charge in [-0.25, -0.2) is 8.78 Å². The molecular formula is C15H19F2N3. The Morgan fingerprint density at radius 3 is 2.60 bits per heavy atom. The fourth-order valence-corrected chi connectivity index (χ4v) is 2.06. The maximum absolute atomic E-state index is 13.1. The van der Waals surface area contributed by atoms with E-state index in [9.17, 15) is 8.78 Å². The third kappa shape index (κ3) is 3.87. The molecule has 1 aromatic heterocycles. The molecule has 1 unspecified atom stereocenters. The summed E-state index contributed by atoms with van der Waals surface area (Å²) < 4.78 is 27.9. The summed E-state index contributed by atoms with van der Waals surface area (Å²) in [5.41, 5.74) is 1.63. The lowest BCUT2D eigenvalue weighted by Crippen LogP contribution is -2.18. The van der Waals surface area contributed by atoms with Gasteiger partial charge in [0.1, 0.15) is 11.6 Å².